The van der Waals surface area contributed by atoms with Crippen LogP contribution in [0.4, 0.5) is 8.78 Å². The van der Waals surface area contributed by atoms with Crippen molar-refractivity contribution in [1.82, 2.24) is 0 Å². The zero-order valence-corrected chi connectivity index (χ0v) is 12.1. The van der Waals surface area contributed by atoms with Gasteiger partial charge in [0.05, 0.1) is 0 Å². The summed E-state index contributed by atoms with van der Waals surface area (Å²) in [6, 6.07) is 6.39. The van der Waals surface area contributed by atoms with Crippen LogP contribution in [0, 0.1) is 0 Å². The molecule has 20 heavy (non-hydrogen) atoms. The van der Waals surface area contributed by atoms with E-state index in [-0.39, 0.29) is 5.75 Å². The van der Waals surface area contributed by atoms with Crippen molar-refractivity contribution in [1.29, 1.82) is 0 Å². The molecular formula is C14H18F2O3S. The first-order valence-electron chi connectivity index (χ1n) is 6.71. The summed E-state index contributed by atoms with van der Waals surface area (Å²) in [7, 11) is -4.92. The van der Waals surface area contributed by atoms with Crippen LogP contribution in [0.3, 0.4) is 0 Å². The van der Waals surface area contributed by atoms with E-state index in [0.717, 1.165) is 18.4 Å². The molecule has 0 aliphatic heterocycles. The van der Waals surface area contributed by atoms with Gasteiger partial charge in [-0.25, -0.2) is 0 Å². The number of hydrogen-bond donors (Lipinski definition) is 0. The molecule has 0 heterocycles. The molecule has 1 aromatic rings. The zero-order chi connectivity index (χ0) is 14.8. The second kappa shape index (κ2) is 5.68. The van der Waals surface area contributed by atoms with E-state index in [4.69, 9.17) is 0 Å². The molecule has 0 radical (unpaired) electrons. The Bertz CT molecular complexity index is 541. The van der Waals surface area contributed by atoms with Crippen molar-refractivity contribution in [3.05, 3.63) is 29.8 Å². The number of halogens is 2. The summed E-state index contributed by atoms with van der Waals surface area (Å²) in [5.74, 6) is 0.396. The van der Waals surface area contributed by atoms with Crippen LogP contribution in [0.5, 0.6) is 5.75 Å². The standard InChI is InChI=1S/C14H18F2O3S/c1-14(15,16)20(17,18)19-13-9-7-12(8-10-13)11-5-3-2-4-6-11/h7-11H,2-6H2,1H3. The molecule has 112 valence electrons. The van der Waals surface area contributed by atoms with Gasteiger partial charge >= 0.3 is 15.4 Å². The lowest BCUT2D eigenvalue weighted by molar-refractivity contribution is 0.104. The monoisotopic (exact) mass is 304 g/mol. The number of rotatable bonds is 4. The highest BCUT2D eigenvalue weighted by Gasteiger charge is 2.41. The maximum absolute atomic E-state index is 12.8. The molecule has 1 saturated carbocycles. The molecule has 0 N–H and O–H groups in total. The largest absolute Gasteiger partial charge is 0.378 e. The molecule has 1 aromatic carbocycles. The zero-order valence-electron chi connectivity index (χ0n) is 11.3. The molecule has 0 bridgehead atoms. The number of alkyl halides is 2. The van der Waals surface area contributed by atoms with Gasteiger partial charge in [0.15, 0.2) is 0 Å². The summed E-state index contributed by atoms with van der Waals surface area (Å²) in [5, 5.41) is -3.91. The fourth-order valence-electron chi connectivity index (χ4n) is 2.43. The van der Waals surface area contributed by atoms with Gasteiger partial charge in [-0.2, -0.15) is 17.2 Å². The molecule has 0 atom stereocenters. The lowest BCUT2D eigenvalue weighted by Gasteiger charge is -2.22. The Hall–Kier alpha value is -1.17. The van der Waals surface area contributed by atoms with E-state index in [0.29, 0.717) is 12.8 Å². The predicted octanol–water partition coefficient (Wildman–Crippen LogP) is 4.06. The molecule has 0 unspecified atom stereocenters. The molecule has 6 heteroatoms. The van der Waals surface area contributed by atoms with Gasteiger partial charge in [0.25, 0.3) is 0 Å². The second-order valence-electron chi connectivity index (χ2n) is 5.25. The van der Waals surface area contributed by atoms with Crippen molar-refractivity contribution in [2.24, 2.45) is 0 Å². The van der Waals surface area contributed by atoms with Gasteiger partial charge in [0.2, 0.25) is 0 Å². The lowest BCUT2D eigenvalue weighted by atomic mass is 9.84. The van der Waals surface area contributed by atoms with Crippen molar-refractivity contribution in [3.63, 3.8) is 0 Å². The summed E-state index contributed by atoms with van der Waals surface area (Å²) in [6.07, 6.45) is 5.87. The van der Waals surface area contributed by atoms with Crippen molar-refractivity contribution in [2.45, 2.75) is 50.2 Å². The molecule has 1 aliphatic carbocycles. The van der Waals surface area contributed by atoms with Crippen molar-refractivity contribution < 1.29 is 21.4 Å². The van der Waals surface area contributed by atoms with Gasteiger partial charge in [-0.15, -0.1) is 0 Å². The minimum Gasteiger partial charge on any atom is -0.378 e. The van der Waals surface area contributed by atoms with Crippen LogP contribution in [0.2, 0.25) is 0 Å². The highest BCUT2D eigenvalue weighted by molar-refractivity contribution is 7.88. The van der Waals surface area contributed by atoms with Crippen LogP contribution in [0.15, 0.2) is 24.3 Å². The van der Waals surface area contributed by atoms with Gasteiger partial charge in [0.1, 0.15) is 5.75 Å². The van der Waals surface area contributed by atoms with E-state index in [2.05, 4.69) is 4.18 Å². The number of hydrogen-bond acceptors (Lipinski definition) is 3. The average molecular weight is 304 g/mol. The van der Waals surface area contributed by atoms with Crippen molar-refractivity contribution >= 4 is 10.1 Å². The molecule has 2 rings (SSSR count). The Morgan fingerprint density at radius 2 is 1.65 bits per heavy atom. The average Bonchev–Trinajstić information content (AvgIpc) is 2.39. The fraction of sp³-hybridized carbons (Fsp3) is 0.571. The normalized spacial score (nSPS) is 17.9. The van der Waals surface area contributed by atoms with E-state index in [1.165, 1.54) is 31.4 Å². The molecule has 0 amide bonds. The van der Waals surface area contributed by atoms with Crippen LogP contribution in [0.1, 0.15) is 50.5 Å². The van der Waals surface area contributed by atoms with E-state index < -0.39 is 15.4 Å². The third-order valence-electron chi connectivity index (χ3n) is 3.60. The van der Waals surface area contributed by atoms with Crippen LogP contribution in [-0.4, -0.2) is 13.7 Å². The maximum Gasteiger partial charge on any atom is 0.377 e. The fourth-order valence-corrected chi connectivity index (χ4v) is 2.94. The molecule has 3 nitrogen and oxygen atoms in total. The van der Waals surface area contributed by atoms with Crippen LogP contribution in [-0.2, 0) is 10.1 Å². The summed E-state index contributed by atoms with van der Waals surface area (Å²) < 4.78 is 52.6. The molecule has 0 spiro atoms. The van der Waals surface area contributed by atoms with Crippen molar-refractivity contribution in [2.75, 3.05) is 0 Å². The van der Waals surface area contributed by atoms with Crippen LogP contribution < -0.4 is 4.18 Å². The minimum atomic E-state index is -4.92. The number of benzene rings is 1. The van der Waals surface area contributed by atoms with Gasteiger partial charge < -0.3 is 4.18 Å². The quantitative estimate of drug-likeness (QED) is 0.788. The minimum absolute atomic E-state index is 0.0777. The van der Waals surface area contributed by atoms with Crippen LogP contribution >= 0.6 is 0 Å². The third-order valence-corrected chi connectivity index (χ3v) is 4.89. The van der Waals surface area contributed by atoms with Gasteiger partial charge in [-0.3, -0.25) is 0 Å². The SMILES string of the molecule is CC(F)(F)S(=O)(=O)Oc1ccc(C2CCCCC2)cc1. The predicted molar refractivity (Wildman–Crippen MR) is 72.4 cm³/mol. The Morgan fingerprint density at radius 1 is 1.10 bits per heavy atom. The topological polar surface area (TPSA) is 43.4 Å². The Labute approximate surface area is 118 Å². The summed E-state index contributed by atoms with van der Waals surface area (Å²) in [6.45, 7) is 0.304. The summed E-state index contributed by atoms with van der Waals surface area (Å²) in [5.41, 5.74) is 1.11. The second-order valence-corrected chi connectivity index (χ2v) is 7.04. The first kappa shape index (κ1) is 15.2. The first-order valence-corrected chi connectivity index (χ1v) is 8.12. The molecule has 0 aromatic heterocycles. The molecule has 1 fully saturated rings. The van der Waals surface area contributed by atoms with E-state index in [9.17, 15) is 17.2 Å². The third kappa shape index (κ3) is 3.48. The molecule has 0 saturated heterocycles. The Morgan fingerprint density at radius 3 is 2.15 bits per heavy atom. The molecular weight excluding hydrogens is 286 g/mol. The highest BCUT2D eigenvalue weighted by atomic mass is 32.2. The van der Waals surface area contributed by atoms with Crippen molar-refractivity contribution in [3.8, 4) is 5.75 Å². The van der Waals surface area contributed by atoms with E-state index >= 15 is 0 Å². The summed E-state index contributed by atoms with van der Waals surface area (Å²) >= 11 is 0. The van der Waals surface area contributed by atoms with Gasteiger partial charge in [-0.05, 0) is 36.5 Å². The van der Waals surface area contributed by atoms with E-state index in [1.807, 2.05) is 0 Å². The van der Waals surface area contributed by atoms with E-state index in [1.54, 1.807) is 12.1 Å². The Balaban J connectivity index is 2.09. The first-order chi connectivity index (χ1) is 9.29. The smallest absolute Gasteiger partial charge is 0.377 e. The Kier molecular flexibility index (Phi) is 4.32. The lowest BCUT2D eigenvalue weighted by Crippen LogP contribution is -2.29. The maximum atomic E-state index is 12.8. The highest BCUT2D eigenvalue weighted by Crippen LogP contribution is 2.33. The van der Waals surface area contributed by atoms with Gasteiger partial charge in [0, 0.05) is 6.92 Å². The molecule has 1 aliphatic rings. The van der Waals surface area contributed by atoms with Gasteiger partial charge in [-0.1, -0.05) is 31.4 Å². The van der Waals surface area contributed by atoms with Crippen LogP contribution in [0.25, 0.3) is 0 Å². The summed E-state index contributed by atoms with van der Waals surface area (Å²) in [4.78, 5) is 0.